The molecule has 70 heavy (non-hydrogen) atoms. The highest BCUT2D eigenvalue weighted by Gasteiger charge is 2.40. The van der Waals surface area contributed by atoms with Gasteiger partial charge < -0.3 is 36.4 Å². The van der Waals surface area contributed by atoms with Crippen LogP contribution in [0.3, 0.4) is 0 Å². The van der Waals surface area contributed by atoms with Gasteiger partial charge in [0.25, 0.3) is 0 Å². The van der Waals surface area contributed by atoms with Gasteiger partial charge in [0.1, 0.15) is 18.1 Å². The monoisotopic (exact) mass is 989 g/mol. The van der Waals surface area contributed by atoms with Crippen LogP contribution in [-0.2, 0) is 54.7 Å². The van der Waals surface area contributed by atoms with Gasteiger partial charge in [-0.2, -0.15) is 0 Å². The van der Waals surface area contributed by atoms with Crippen molar-refractivity contribution >= 4 is 60.1 Å². The van der Waals surface area contributed by atoms with Crippen LogP contribution in [0.5, 0.6) is 0 Å². The first-order valence-corrected chi connectivity index (χ1v) is 23.4. The summed E-state index contributed by atoms with van der Waals surface area (Å²) < 4.78 is 0. The van der Waals surface area contributed by atoms with Gasteiger partial charge in [0.05, 0.1) is 24.2 Å². The highest BCUT2D eigenvalue weighted by atomic mass is 35.5. The molecular weight excluding hydrogens is 926 g/mol. The van der Waals surface area contributed by atoms with Crippen LogP contribution >= 0.6 is 24.8 Å². The summed E-state index contributed by atoms with van der Waals surface area (Å²) in [6.45, 7) is 7.59. The van der Waals surface area contributed by atoms with E-state index in [0.29, 0.717) is 6.42 Å². The highest BCUT2D eigenvalue weighted by Crippen LogP contribution is 2.29. The summed E-state index contributed by atoms with van der Waals surface area (Å²) in [4.78, 5) is 87.2. The van der Waals surface area contributed by atoms with Crippen molar-refractivity contribution in [3.63, 3.8) is 0 Å². The zero-order valence-electron chi connectivity index (χ0n) is 40.6. The molecule has 13 nitrogen and oxygen atoms in total. The molecule has 4 aromatic carbocycles. The summed E-state index contributed by atoms with van der Waals surface area (Å²) >= 11 is 0. The van der Waals surface area contributed by atoms with E-state index in [1.54, 1.807) is 32.8 Å². The molecule has 0 radical (unpaired) electrons. The highest BCUT2D eigenvalue weighted by molar-refractivity contribution is 5.95. The lowest BCUT2D eigenvalue weighted by molar-refractivity contribution is -0.144. The zero-order valence-corrected chi connectivity index (χ0v) is 42.3. The van der Waals surface area contributed by atoms with Gasteiger partial charge in [0.2, 0.25) is 29.5 Å². The number of Topliss-reactive ketones (excluding diaryl/α,β-unsaturated/α-hetero) is 1. The summed E-state index contributed by atoms with van der Waals surface area (Å²) in [5.41, 5.74) is 5.73. The minimum absolute atomic E-state index is 0. The van der Waals surface area contributed by atoms with Crippen molar-refractivity contribution in [2.45, 2.75) is 121 Å². The number of benzene rings is 4. The van der Waals surface area contributed by atoms with Crippen LogP contribution in [0.25, 0.3) is 0 Å². The minimum atomic E-state index is -1.13. The molecule has 0 saturated carbocycles. The van der Waals surface area contributed by atoms with Crippen LogP contribution in [-0.4, -0.2) is 95.5 Å². The maximum absolute atomic E-state index is 14.6. The van der Waals surface area contributed by atoms with E-state index in [-0.39, 0.29) is 87.2 Å². The molecule has 6 rings (SSSR count). The van der Waals surface area contributed by atoms with Crippen LogP contribution < -0.4 is 26.6 Å². The third-order valence-electron chi connectivity index (χ3n) is 13.0. The Hall–Kier alpha value is -6.48. The molecule has 15 heteroatoms. The van der Waals surface area contributed by atoms with E-state index in [2.05, 4.69) is 50.3 Å². The Morgan fingerprint density at radius 1 is 0.543 bits per heavy atom. The Bertz CT molecular complexity index is 2400. The number of hydrogen-bond acceptors (Lipinski definition) is 8. The number of fused-ring (bicyclic) bond motifs is 2. The molecule has 0 saturated heterocycles. The number of nitrogens with zero attached hydrogens (tertiary/aromatic N) is 2. The number of carbonyl (C=O) groups excluding carboxylic acids is 6. The molecule has 0 fully saturated rings. The van der Waals surface area contributed by atoms with E-state index >= 15 is 0 Å². The predicted molar refractivity (Wildman–Crippen MR) is 277 cm³/mol. The number of carbonyl (C=O) groups is 6. The Kier molecular flexibility index (Phi) is 21.7. The van der Waals surface area contributed by atoms with Crippen molar-refractivity contribution in [3.05, 3.63) is 143 Å². The molecule has 4 aromatic rings. The second-order valence-electron chi connectivity index (χ2n) is 17.7. The summed E-state index contributed by atoms with van der Waals surface area (Å²) in [7, 11) is 3.28. The van der Waals surface area contributed by atoms with Crippen molar-refractivity contribution in [2.75, 3.05) is 14.1 Å². The van der Waals surface area contributed by atoms with Crippen LogP contribution in [0, 0.1) is 23.7 Å². The van der Waals surface area contributed by atoms with Crippen molar-refractivity contribution in [1.82, 2.24) is 36.4 Å². The minimum Gasteiger partial charge on any atom is -0.348 e. The molecule has 0 unspecified atom stereocenters. The first-order chi connectivity index (χ1) is 32.8. The second-order valence-corrected chi connectivity index (χ2v) is 17.7. The van der Waals surface area contributed by atoms with E-state index in [9.17, 15) is 28.8 Å². The van der Waals surface area contributed by atoms with Crippen LogP contribution in [0.15, 0.2) is 109 Å². The lowest BCUT2D eigenvalue weighted by atomic mass is 9.86. The molecule has 2 aliphatic rings. The summed E-state index contributed by atoms with van der Waals surface area (Å²) in [6, 6.07) is 29.4. The third-order valence-corrected chi connectivity index (χ3v) is 13.0. The second kappa shape index (κ2) is 27.1. The Morgan fingerprint density at radius 3 is 1.40 bits per heavy atom. The van der Waals surface area contributed by atoms with Crippen LogP contribution in [0.4, 0.5) is 0 Å². The topological polar surface area (TPSA) is 169 Å². The summed E-state index contributed by atoms with van der Waals surface area (Å²) in [6.07, 6.45) is 0.626. The fourth-order valence-electron chi connectivity index (χ4n) is 8.55. The molecule has 0 aliphatic carbocycles. The standard InChI is InChI=1S/C55H63N7O6.2ClH/c1-36(40-21-11-9-12-22-40)31-50(63)48-32-42-25-17-19-27-44(42)34-61(48)54(67)46(59-51(64)38(3)56-5)29-15-7-8-16-30-47(60-52(65)39(4)57-6)55(68)62-35-45-28-20-18-26-43(45)33-49(62)53(66)58-37(2)41-23-13-10-14-24-41;;/h9-14,17-28,36-39,46-49,56-57H,29-35H2,1-6H3,(H,58,66)(H,59,64)(H,60,65);2*1H/t36-,37+,38-,39-,46-,47-,48-,49-;;/m0../s1. The molecule has 5 amide bonds. The third kappa shape index (κ3) is 14.5. The van der Waals surface area contributed by atoms with Gasteiger partial charge in [-0.3, -0.25) is 28.8 Å². The van der Waals surface area contributed by atoms with Crippen molar-refractivity contribution in [1.29, 1.82) is 0 Å². The number of rotatable bonds is 17. The maximum atomic E-state index is 14.6. The first-order valence-electron chi connectivity index (χ1n) is 23.4. The van der Waals surface area contributed by atoms with E-state index in [4.69, 9.17) is 0 Å². The zero-order chi connectivity index (χ0) is 48.7. The average molecular weight is 991 g/mol. The molecule has 0 aromatic heterocycles. The lowest BCUT2D eigenvalue weighted by Crippen LogP contribution is -2.58. The fraction of sp³-hybridized carbons (Fsp3) is 0.382. The van der Waals surface area contributed by atoms with Gasteiger partial charge in [0, 0.05) is 45.2 Å². The van der Waals surface area contributed by atoms with Gasteiger partial charge >= 0.3 is 0 Å². The predicted octanol–water partition coefficient (Wildman–Crippen LogP) is 5.35. The van der Waals surface area contributed by atoms with E-state index < -0.39 is 59.9 Å². The van der Waals surface area contributed by atoms with Gasteiger partial charge in [-0.15, -0.1) is 24.8 Å². The molecule has 0 spiro atoms. The van der Waals surface area contributed by atoms with E-state index in [1.807, 2.05) is 123 Å². The Labute approximate surface area is 424 Å². The Morgan fingerprint density at radius 2 is 0.943 bits per heavy atom. The summed E-state index contributed by atoms with van der Waals surface area (Å²) in [5, 5.41) is 14.6. The van der Waals surface area contributed by atoms with E-state index in [0.717, 1.165) is 33.4 Å². The van der Waals surface area contributed by atoms with Gasteiger partial charge in [0.15, 0.2) is 5.78 Å². The van der Waals surface area contributed by atoms with Crippen LogP contribution in [0.2, 0.25) is 0 Å². The number of halogens is 2. The number of likely N-dealkylation sites (N-methyl/N-ethyl adjacent to an activating group) is 2. The van der Waals surface area contributed by atoms with Crippen molar-refractivity contribution < 1.29 is 28.8 Å². The number of amides is 5. The molecule has 2 aliphatic heterocycles. The first kappa shape index (κ1) is 56.1. The largest absolute Gasteiger partial charge is 0.348 e. The summed E-state index contributed by atoms with van der Waals surface area (Å²) in [5.74, 6) is 9.27. The molecule has 2 heterocycles. The molecule has 370 valence electrons. The van der Waals surface area contributed by atoms with Crippen molar-refractivity contribution in [2.24, 2.45) is 0 Å². The number of nitrogens with one attached hydrogen (secondary N) is 5. The van der Waals surface area contributed by atoms with Gasteiger partial charge in [-0.25, -0.2) is 0 Å². The quantitative estimate of drug-likeness (QED) is 0.0884. The Balaban J connectivity index is 0.00000533. The molecular formula is C55H65Cl2N7O6. The van der Waals surface area contributed by atoms with Crippen LogP contribution in [0.1, 0.15) is 92.3 Å². The molecule has 5 N–H and O–H groups in total. The molecule has 0 bridgehead atoms. The van der Waals surface area contributed by atoms with E-state index in [1.165, 1.54) is 4.90 Å². The van der Waals surface area contributed by atoms with Gasteiger partial charge in [-0.05, 0) is 86.0 Å². The smallest absolute Gasteiger partial charge is 0.247 e. The average Bonchev–Trinajstić information content (AvgIpc) is 3.37. The van der Waals surface area contributed by atoms with Gasteiger partial charge in [-0.1, -0.05) is 128 Å². The maximum Gasteiger partial charge on any atom is 0.247 e. The SMILES string of the molecule is CN[C@@H](C)C(=O)N[C@@H](CC#CC#CC[C@H](NC(=O)[C@H](C)NC)C(=O)N1Cc2ccccc2C[C@H]1C(=O)N[C@H](C)c1ccccc1)C(=O)N1Cc2ccccc2C[C@H]1C(=O)C[C@H](C)c1ccccc1.Cl.Cl. The van der Waals surface area contributed by atoms with Crippen molar-refractivity contribution in [3.8, 4) is 23.7 Å². The lowest BCUT2D eigenvalue weighted by Gasteiger charge is -2.38. The fourth-order valence-corrected chi connectivity index (χ4v) is 8.55. The number of hydrogen-bond donors (Lipinski definition) is 5. The molecule has 8 atom stereocenters. The number of ketones is 1. The normalized spacial score (nSPS) is 17.1.